The van der Waals surface area contributed by atoms with Crippen molar-refractivity contribution >= 4 is 29.4 Å². The molecule has 0 unspecified atom stereocenters. The maximum Gasteiger partial charge on any atom is 0.233 e. The highest BCUT2D eigenvalue weighted by atomic mass is 32.2. The number of nitrogens with one attached hydrogen (secondary N) is 1. The molecule has 0 bridgehead atoms. The Morgan fingerprint density at radius 3 is 2.70 bits per heavy atom. The molecule has 20 heavy (non-hydrogen) atoms. The second-order valence-electron chi connectivity index (χ2n) is 4.22. The lowest BCUT2D eigenvalue weighted by Crippen LogP contribution is -2.41. The van der Waals surface area contributed by atoms with Crippen LogP contribution in [0.25, 0.3) is 0 Å². The second-order valence-corrected chi connectivity index (χ2v) is 5.22. The van der Waals surface area contributed by atoms with Gasteiger partial charge in [-0.25, -0.2) is 0 Å². The van der Waals surface area contributed by atoms with Crippen molar-refractivity contribution in [3.63, 3.8) is 0 Å². The van der Waals surface area contributed by atoms with Crippen LogP contribution >= 0.6 is 11.8 Å². The number of nitrogens with zero attached hydrogens (tertiary/aromatic N) is 3. The Bertz CT molecular complexity index is 474. The summed E-state index contributed by atoms with van der Waals surface area (Å²) in [5.41, 5.74) is 0. The molecule has 1 aliphatic rings. The van der Waals surface area contributed by atoms with Gasteiger partial charge in [0.15, 0.2) is 5.82 Å². The first kappa shape index (κ1) is 14.7. The van der Waals surface area contributed by atoms with E-state index in [4.69, 9.17) is 4.74 Å². The molecule has 0 saturated carbocycles. The topological polar surface area (TPSA) is 84.4 Å². The Hall–Kier alpha value is -1.67. The number of morpholine rings is 1. The molecule has 8 heteroatoms. The summed E-state index contributed by atoms with van der Waals surface area (Å²) in [5, 5.41) is 11.0. The first-order valence-electron chi connectivity index (χ1n) is 6.25. The molecule has 0 spiro atoms. The van der Waals surface area contributed by atoms with E-state index < -0.39 is 0 Å². The average molecular weight is 296 g/mol. The summed E-state index contributed by atoms with van der Waals surface area (Å²) >= 11 is 1.33. The Balaban J connectivity index is 1.81. The number of thioether (sulfide) groups is 1. The van der Waals surface area contributed by atoms with E-state index >= 15 is 0 Å². The highest BCUT2D eigenvalue weighted by Crippen LogP contribution is 2.16. The van der Waals surface area contributed by atoms with Crippen molar-refractivity contribution in [2.24, 2.45) is 0 Å². The minimum atomic E-state index is -0.192. The second kappa shape index (κ2) is 7.20. The molecule has 1 aliphatic heterocycles. The predicted molar refractivity (Wildman–Crippen MR) is 74.5 cm³/mol. The number of ether oxygens (including phenoxy) is 1. The van der Waals surface area contributed by atoms with Crippen LogP contribution in [-0.4, -0.2) is 59.0 Å². The van der Waals surface area contributed by atoms with Crippen LogP contribution < -0.4 is 5.32 Å². The van der Waals surface area contributed by atoms with Gasteiger partial charge in [0.25, 0.3) is 0 Å². The van der Waals surface area contributed by atoms with Gasteiger partial charge in [0.2, 0.25) is 11.8 Å². The normalized spacial score (nSPS) is 14.9. The first-order valence-corrected chi connectivity index (χ1v) is 7.23. The monoisotopic (exact) mass is 296 g/mol. The molecule has 1 saturated heterocycles. The smallest absolute Gasteiger partial charge is 0.233 e. The largest absolute Gasteiger partial charge is 0.378 e. The predicted octanol–water partition coefficient (Wildman–Crippen LogP) is 0.386. The van der Waals surface area contributed by atoms with Gasteiger partial charge in [0, 0.05) is 20.0 Å². The van der Waals surface area contributed by atoms with Crippen LogP contribution in [0.15, 0.2) is 17.2 Å². The molecule has 0 aliphatic carbocycles. The lowest BCUT2D eigenvalue weighted by atomic mass is 10.4. The molecule has 1 fully saturated rings. The number of carbonyl (C=O) groups excluding carboxylic acids is 2. The number of anilines is 1. The Morgan fingerprint density at radius 2 is 2.10 bits per heavy atom. The standard InChI is InChI=1S/C12H16N4O3S/c1-9(17)13-10-2-3-11(15-14-10)20-8-12(18)16-4-6-19-7-5-16/h2-3H,4-8H2,1H3,(H,13,14,17). The van der Waals surface area contributed by atoms with Gasteiger partial charge in [-0.1, -0.05) is 11.8 Å². The molecule has 2 rings (SSSR count). The van der Waals surface area contributed by atoms with E-state index in [0.717, 1.165) is 0 Å². The molecule has 1 aromatic heterocycles. The number of hydrogen-bond donors (Lipinski definition) is 1. The zero-order valence-corrected chi connectivity index (χ0v) is 12.0. The number of rotatable bonds is 4. The molecule has 1 aromatic rings. The molecule has 0 aromatic carbocycles. The number of hydrogen-bond acceptors (Lipinski definition) is 6. The third-order valence-electron chi connectivity index (χ3n) is 2.65. The van der Waals surface area contributed by atoms with Crippen molar-refractivity contribution in [3.05, 3.63) is 12.1 Å². The van der Waals surface area contributed by atoms with Crippen molar-refractivity contribution < 1.29 is 14.3 Å². The highest BCUT2D eigenvalue weighted by Gasteiger charge is 2.16. The fourth-order valence-corrected chi connectivity index (χ4v) is 2.40. The molecule has 2 amide bonds. The molecule has 1 N–H and O–H groups in total. The number of amides is 2. The van der Waals surface area contributed by atoms with E-state index in [9.17, 15) is 9.59 Å². The van der Waals surface area contributed by atoms with Gasteiger partial charge < -0.3 is 15.0 Å². The molecule has 0 atom stereocenters. The fraction of sp³-hybridized carbons (Fsp3) is 0.500. The minimum Gasteiger partial charge on any atom is -0.378 e. The zero-order chi connectivity index (χ0) is 14.4. The summed E-state index contributed by atoms with van der Waals surface area (Å²) in [4.78, 5) is 24.6. The quantitative estimate of drug-likeness (QED) is 0.809. The third-order valence-corrected chi connectivity index (χ3v) is 3.56. The molecule has 0 radical (unpaired) electrons. The van der Waals surface area contributed by atoms with Crippen molar-refractivity contribution in [3.8, 4) is 0 Å². The van der Waals surface area contributed by atoms with Gasteiger partial charge in [-0.3, -0.25) is 9.59 Å². The number of aromatic nitrogens is 2. The van der Waals surface area contributed by atoms with Crippen LogP contribution in [0.5, 0.6) is 0 Å². The van der Waals surface area contributed by atoms with Crippen LogP contribution in [0.2, 0.25) is 0 Å². The summed E-state index contributed by atoms with van der Waals surface area (Å²) < 4.78 is 5.20. The number of carbonyl (C=O) groups is 2. The SMILES string of the molecule is CC(=O)Nc1ccc(SCC(=O)N2CCOCC2)nn1. The van der Waals surface area contributed by atoms with Crippen LogP contribution in [0.3, 0.4) is 0 Å². The summed E-state index contributed by atoms with van der Waals surface area (Å²) in [6.45, 7) is 3.90. The van der Waals surface area contributed by atoms with E-state index in [1.807, 2.05) is 0 Å². The van der Waals surface area contributed by atoms with E-state index in [-0.39, 0.29) is 11.8 Å². The Morgan fingerprint density at radius 1 is 1.35 bits per heavy atom. The Kier molecular flexibility index (Phi) is 5.31. The summed E-state index contributed by atoms with van der Waals surface area (Å²) in [7, 11) is 0. The maximum absolute atomic E-state index is 11.9. The lowest BCUT2D eigenvalue weighted by molar-refractivity contribution is -0.132. The molecular weight excluding hydrogens is 280 g/mol. The average Bonchev–Trinajstić information content (AvgIpc) is 2.46. The van der Waals surface area contributed by atoms with Gasteiger partial charge in [0.1, 0.15) is 5.03 Å². The van der Waals surface area contributed by atoms with Crippen molar-refractivity contribution in [2.75, 3.05) is 37.4 Å². The molecular formula is C12H16N4O3S. The molecule has 7 nitrogen and oxygen atoms in total. The van der Waals surface area contributed by atoms with Crippen molar-refractivity contribution in [1.82, 2.24) is 15.1 Å². The van der Waals surface area contributed by atoms with Crippen LogP contribution in [0.1, 0.15) is 6.92 Å². The first-order chi connectivity index (χ1) is 9.65. The van der Waals surface area contributed by atoms with Crippen LogP contribution in [0, 0.1) is 0 Å². The van der Waals surface area contributed by atoms with Crippen molar-refractivity contribution in [2.45, 2.75) is 11.9 Å². The molecule has 108 valence electrons. The van der Waals surface area contributed by atoms with E-state index in [1.165, 1.54) is 18.7 Å². The summed E-state index contributed by atoms with van der Waals surface area (Å²) in [6.07, 6.45) is 0. The maximum atomic E-state index is 11.9. The summed E-state index contributed by atoms with van der Waals surface area (Å²) in [5.74, 6) is 0.614. The van der Waals surface area contributed by atoms with Gasteiger partial charge in [-0.05, 0) is 12.1 Å². The van der Waals surface area contributed by atoms with Gasteiger partial charge in [-0.2, -0.15) is 0 Å². The minimum absolute atomic E-state index is 0.0750. The third kappa shape index (κ3) is 4.46. The summed E-state index contributed by atoms with van der Waals surface area (Å²) in [6, 6.07) is 3.39. The van der Waals surface area contributed by atoms with Gasteiger partial charge in [0.05, 0.1) is 19.0 Å². The van der Waals surface area contributed by atoms with E-state index in [1.54, 1.807) is 17.0 Å². The fourth-order valence-electron chi connectivity index (χ4n) is 1.68. The van der Waals surface area contributed by atoms with E-state index in [0.29, 0.717) is 42.9 Å². The van der Waals surface area contributed by atoms with E-state index in [2.05, 4.69) is 15.5 Å². The van der Waals surface area contributed by atoms with Crippen molar-refractivity contribution in [1.29, 1.82) is 0 Å². The Labute approximate surface area is 121 Å². The van der Waals surface area contributed by atoms with Gasteiger partial charge in [-0.15, -0.1) is 10.2 Å². The van der Waals surface area contributed by atoms with Crippen LogP contribution in [0.4, 0.5) is 5.82 Å². The molecule has 2 heterocycles. The lowest BCUT2D eigenvalue weighted by Gasteiger charge is -2.26. The van der Waals surface area contributed by atoms with Gasteiger partial charge >= 0.3 is 0 Å². The zero-order valence-electron chi connectivity index (χ0n) is 11.2. The highest BCUT2D eigenvalue weighted by molar-refractivity contribution is 7.99. The van der Waals surface area contributed by atoms with Crippen LogP contribution in [-0.2, 0) is 14.3 Å².